The van der Waals surface area contributed by atoms with Crippen LogP contribution in [0.2, 0.25) is 5.15 Å². The van der Waals surface area contributed by atoms with E-state index in [1.807, 2.05) is 0 Å². The van der Waals surface area contributed by atoms with Gasteiger partial charge in [-0.15, -0.1) is 0 Å². The van der Waals surface area contributed by atoms with E-state index in [2.05, 4.69) is 20.2 Å². The van der Waals surface area contributed by atoms with Crippen LogP contribution in [0.4, 0.5) is 5.95 Å². The molecule has 1 aromatic heterocycles. The van der Waals surface area contributed by atoms with Crippen LogP contribution in [-0.4, -0.2) is 42.8 Å². The normalized spacial score (nSPS) is 20.2. The second-order valence-corrected chi connectivity index (χ2v) is 4.62. The first-order valence-electron chi connectivity index (χ1n) is 5.93. The highest BCUT2D eigenvalue weighted by atomic mass is 35.5. The molecule has 0 atom stereocenters. The standard InChI is InChI=1S/C11H15ClN4O/c12-10-8-1-2-13-7-9(8)14-11(15-10)16-3-5-17-6-4-16/h13H,1-7H2. The van der Waals surface area contributed by atoms with Crippen LogP contribution in [0.3, 0.4) is 0 Å². The molecule has 2 aliphatic rings. The molecule has 1 N–H and O–H groups in total. The van der Waals surface area contributed by atoms with E-state index in [0.717, 1.165) is 63.0 Å². The summed E-state index contributed by atoms with van der Waals surface area (Å²) < 4.78 is 5.32. The third kappa shape index (κ3) is 2.22. The molecule has 6 heteroatoms. The van der Waals surface area contributed by atoms with Gasteiger partial charge in [0.05, 0.1) is 18.9 Å². The zero-order chi connectivity index (χ0) is 11.7. The number of hydrogen-bond acceptors (Lipinski definition) is 5. The number of ether oxygens (including phenoxy) is 1. The molecule has 5 nitrogen and oxygen atoms in total. The molecule has 3 rings (SSSR count). The minimum atomic E-state index is 0.609. The number of halogens is 1. The quantitative estimate of drug-likeness (QED) is 0.745. The molecule has 17 heavy (non-hydrogen) atoms. The largest absolute Gasteiger partial charge is 0.378 e. The van der Waals surface area contributed by atoms with Gasteiger partial charge in [-0.25, -0.2) is 9.97 Å². The summed E-state index contributed by atoms with van der Waals surface area (Å²) >= 11 is 6.23. The van der Waals surface area contributed by atoms with Gasteiger partial charge in [0.2, 0.25) is 5.95 Å². The lowest BCUT2D eigenvalue weighted by Gasteiger charge is -2.28. The maximum atomic E-state index is 6.23. The van der Waals surface area contributed by atoms with E-state index in [0.29, 0.717) is 5.15 Å². The van der Waals surface area contributed by atoms with Gasteiger partial charge in [-0.2, -0.15) is 0 Å². The van der Waals surface area contributed by atoms with Gasteiger partial charge in [0.15, 0.2) is 0 Å². The van der Waals surface area contributed by atoms with E-state index in [-0.39, 0.29) is 0 Å². The van der Waals surface area contributed by atoms with Gasteiger partial charge >= 0.3 is 0 Å². The molecule has 2 aliphatic heterocycles. The number of anilines is 1. The smallest absolute Gasteiger partial charge is 0.227 e. The molecule has 0 unspecified atom stereocenters. The molecule has 1 fully saturated rings. The van der Waals surface area contributed by atoms with Gasteiger partial charge in [-0.3, -0.25) is 0 Å². The number of morpholine rings is 1. The summed E-state index contributed by atoms with van der Waals surface area (Å²) in [5.41, 5.74) is 2.14. The Morgan fingerprint density at radius 2 is 2.06 bits per heavy atom. The third-order valence-electron chi connectivity index (χ3n) is 3.17. The fourth-order valence-electron chi connectivity index (χ4n) is 2.21. The summed E-state index contributed by atoms with van der Waals surface area (Å²) in [7, 11) is 0. The Morgan fingerprint density at radius 1 is 1.24 bits per heavy atom. The lowest BCUT2D eigenvalue weighted by atomic mass is 10.1. The molecular formula is C11H15ClN4O. The van der Waals surface area contributed by atoms with Crippen molar-refractivity contribution in [3.8, 4) is 0 Å². The first kappa shape index (κ1) is 11.2. The Labute approximate surface area is 105 Å². The fourth-order valence-corrected chi connectivity index (χ4v) is 2.49. The highest BCUT2D eigenvalue weighted by Gasteiger charge is 2.20. The summed E-state index contributed by atoms with van der Waals surface area (Å²) in [6, 6.07) is 0. The van der Waals surface area contributed by atoms with E-state index in [1.165, 1.54) is 0 Å². The molecule has 3 heterocycles. The van der Waals surface area contributed by atoms with E-state index in [1.54, 1.807) is 0 Å². The molecule has 0 saturated carbocycles. The highest BCUT2D eigenvalue weighted by molar-refractivity contribution is 6.30. The van der Waals surface area contributed by atoms with Gasteiger partial charge in [0.25, 0.3) is 0 Å². The lowest BCUT2D eigenvalue weighted by Crippen LogP contribution is -2.38. The van der Waals surface area contributed by atoms with Crippen LogP contribution in [0.1, 0.15) is 11.3 Å². The average molecular weight is 255 g/mol. The van der Waals surface area contributed by atoms with Crippen LogP contribution in [-0.2, 0) is 17.7 Å². The van der Waals surface area contributed by atoms with Gasteiger partial charge in [-0.1, -0.05) is 11.6 Å². The molecule has 0 amide bonds. The van der Waals surface area contributed by atoms with E-state index in [4.69, 9.17) is 16.3 Å². The van der Waals surface area contributed by atoms with Crippen molar-refractivity contribution in [2.24, 2.45) is 0 Å². The highest BCUT2D eigenvalue weighted by Crippen LogP contribution is 2.23. The number of fused-ring (bicyclic) bond motifs is 1. The Bertz CT molecular complexity index is 420. The minimum Gasteiger partial charge on any atom is -0.378 e. The van der Waals surface area contributed by atoms with E-state index < -0.39 is 0 Å². The Kier molecular flexibility index (Phi) is 3.13. The van der Waals surface area contributed by atoms with Gasteiger partial charge in [-0.05, 0) is 13.0 Å². The van der Waals surface area contributed by atoms with Gasteiger partial charge in [0.1, 0.15) is 5.15 Å². The van der Waals surface area contributed by atoms with Crippen molar-refractivity contribution in [3.05, 3.63) is 16.4 Å². The topological polar surface area (TPSA) is 50.3 Å². The zero-order valence-corrected chi connectivity index (χ0v) is 10.3. The molecule has 0 aliphatic carbocycles. The number of hydrogen-bond donors (Lipinski definition) is 1. The molecule has 0 bridgehead atoms. The molecule has 0 spiro atoms. The van der Waals surface area contributed by atoms with Crippen molar-refractivity contribution in [2.75, 3.05) is 37.7 Å². The van der Waals surface area contributed by atoms with Crippen LogP contribution in [0, 0.1) is 0 Å². The van der Waals surface area contributed by atoms with Crippen molar-refractivity contribution < 1.29 is 4.74 Å². The second kappa shape index (κ2) is 4.76. The summed E-state index contributed by atoms with van der Waals surface area (Å²) in [6.07, 6.45) is 0.914. The summed E-state index contributed by atoms with van der Waals surface area (Å²) in [5, 5.41) is 3.92. The van der Waals surface area contributed by atoms with Gasteiger partial charge < -0.3 is 15.0 Å². The number of nitrogens with zero attached hydrogens (tertiary/aromatic N) is 3. The monoisotopic (exact) mass is 254 g/mol. The molecule has 1 saturated heterocycles. The number of aromatic nitrogens is 2. The molecule has 0 aromatic carbocycles. The fraction of sp³-hybridized carbons (Fsp3) is 0.636. The molecule has 92 valence electrons. The summed E-state index contributed by atoms with van der Waals surface area (Å²) in [6.45, 7) is 4.87. The minimum absolute atomic E-state index is 0.609. The van der Waals surface area contributed by atoms with Crippen LogP contribution in [0.15, 0.2) is 0 Å². The molecule has 1 aromatic rings. The van der Waals surface area contributed by atoms with Crippen LogP contribution in [0.5, 0.6) is 0 Å². The predicted octanol–water partition coefficient (Wildman–Crippen LogP) is 0.612. The first-order chi connectivity index (χ1) is 8.34. The number of nitrogens with one attached hydrogen (secondary N) is 1. The Morgan fingerprint density at radius 3 is 2.88 bits per heavy atom. The van der Waals surface area contributed by atoms with E-state index in [9.17, 15) is 0 Å². The molecule has 0 radical (unpaired) electrons. The van der Waals surface area contributed by atoms with Gasteiger partial charge in [0, 0.05) is 25.2 Å². The second-order valence-electron chi connectivity index (χ2n) is 4.27. The van der Waals surface area contributed by atoms with E-state index >= 15 is 0 Å². The third-order valence-corrected chi connectivity index (χ3v) is 3.48. The summed E-state index contributed by atoms with van der Waals surface area (Å²) in [4.78, 5) is 11.1. The van der Waals surface area contributed by atoms with Crippen LogP contribution in [0.25, 0.3) is 0 Å². The summed E-state index contributed by atoms with van der Waals surface area (Å²) in [5.74, 6) is 0.737. The van der Waals surface area contributed by atoms with Crippen LogP contribution < -0.4 is 10.2 Å². The SMILES string of the molecule is Clc1nc(N2CCOCC2)nc2c1CCNC2. The van der Waals surface area contributed by atoms with Crippen molar-refractivity contribution in [2.45, 2.75) is 13.0 Å². The van der Waals surface area contributed by atoms with Crippen LogP contribution >= 0.6 is 11.6 Å². The number of rotatable bonds is 1. The average Bonchev–Trinajstić information content (AvgIpc) is 2.40. The van der Waals surface area contributed by atoms with Crippen molar-refractivity contribution in [3.63, 3.8) is 0 Å². The first-order valence-corrected chi connectivity index (χ1v) is 6.31. The zero-order valence-electron chi connectivity index (χ0n) is 9.58. The lowest BCUT2D eigenvalue weighted by molar-refractivity contribution is 0.122. The van der Waals surface area contributed by atoms with Crippen molar-refractivity contribution in [1.82, 2.24) is 15.3 Å². The molecular weight excluding hydrogens is 240 g/mol. The Hall–Kier alpha value is -0.910. The van der Waals surface area contributed by atoms with Crippen molar-refractivity contribution >= 4 is 17.5 Å². The maximum absolute atomic E-state index is 6.23. The van der Waals surface area contributed by atoms with Crippen molar-refractivity contribution in [1.29, 1.82) is 0 Å². The Balaban J connectivity index is 1.92. The maximum Gasteiger partial charge on any atom is 0.227 e. The predicted molar refractivity (Wildman–Crippen MR) is 65.5 cm³/mol.